The molecule has 0 bridgehead atoms. The van der Waals surface area contributed by atoms with E-state index in [4.69, 9.17) is 15.8 Å². The zero-order valence-corrected chi connectivity index (χ0v) is 6.24. The molecule has 0 unspecified atom stereocenters. The second-order valence-corrected chi connectivity index (χ2v) is 2.56. The van der Waals surface area contributed by atoms with Gasteiger partial charge in [0.2, 0.25) is 0 Å². The van der Waals surface area contributed by atoms with Crippen molar-refractivity contribution in [2.75, 3.05) is 0 Å². The Balaban J connectivity index is 2.50. The van der Waals surface area contributed by atoms with Gasteiger partial charge in [-0.05, 0) is 6.07 Å². The fraction of sp³-hybridized carbons (Fsp3) is 0.125. The summed E-state index contributed by atoms with van der Waals surface area (Å²) in [4.78, 5) is 5.03. The van der Waals surface area contributed by atoms with Gasteiger partial charge in [-0.3, -0.25) is 0 Å². The van der Waals surface area contributed by atoms with Gasteiger partial charge in [-0.25, -0.2) is 0 Å². The maximum absolute atomic E-state index is 8.58. The molecule has 2 rings (SSSR count). The Morgan fingerprint density at radius 3 is 3.17 bits per heavy atom. The molecule has 0 saturated carbocycles. The monoisotopic (exact) mass is 161 g/mol. The molecule has 0 spiro atoms. The molecule has 0 amide bonds. The second kappa shape index (κ2) is 2.48. The quantitative estimate of drug-likeness (QED) is 0.578. The molecule has 0 aromatic heterocycles. The van der Waals surface area contributed by atoms with Crippen molar-refractivity contribution >= 4 is 0 Å². The van der Waals surface area contributed by atoms with Crippen LogP contribution in [0.2, 0.25) is 0 Å². The highest BCUT2D eigenvalue weighted by Gasteiger charge is 2.19. The molecule has 1 atom stereocenters. The highest BCUT2D eigenvalue weighted by molar-refractivity contribution is 5.45. The zero-order valence-electron chi connectivity index (χ0n) is 6.24. The number of hydrogen-bond acceptors (Lipinski definition) is 4. The van der Waals surface area contributed by atoms with E-state index >= 15 is 0 Å². The maximum atomic E-state index is 8.58. The summed E-state index contributed by atoms with van der Waals surface area (Å²) in [7, 11) is 0. The van der Waals surface area contributed by atoms with Gasteiger partial charge < -0.3 is 10.6 Å². The third-order valence-electron chi connectivity index (χ3n) is 1.77. The van der Waals surface area contributed by atoms with Crippen LogP contribution in [-0.2, 0) is 0 Å². The number of hydroxylamine groups is 1. The molecule has 3 N–H and O–H groups in total. The Kier molecular flexibility index (Phi) is 1.47. The van der Waals surface area contributed by atoms with Gasteiger partial charge in [0.25, 0.3) is 0 Å². The van der Waals surface area contributed by atoms with Gasteiger partial charge in [-0.15, -0.1) is 5.48 Å². The van der Waals surface area contributed by atoms with Gasteiger partial charge in [0.05, 0.1) is 11.6 Å². The van der Waals surface area contributed by atoms with Crippen molar-refractivity contribution in [3.8, 4) is 11.8 Å². The number of fused-ring (bicyclic) bond motifs is 1. The molecule has 12 heavy (non-hydrogen) atoms. The molecule has 1 heterocycles. The van der Waals surface area contributed by atoms with Crippen LogP contribution in [-0.4, -0.2) is 0 Å². The minimum atomic E-state index is -0.284. The summed E-state index contributed by atoms with van der Waals surface area (Å²) >= 11 is 0. The number of nitrogens with two attached hydrogens (primary N) is 1. The standard InChI is InChI=1S/C8H7N3O/c9-4-5-1-2-6-7(3-5)12-11-8(6)10/h1-3,8,11H,10H2/t8-/m0/s1. The van der Waals surface area contributed by atoms with Gasteiger partial charge in [0.1, 0.15) is 6.17 Å². The van der Waals surface area contributed by atoms with Gasteiger partial charge in [-0.2, -0.15) is 5.26 Å². The molecule has 4 nitrogen and oxygen atoms in total. The van der Waals surface area contributed by atoms with Gasteiger partial charge in [-0.1, -0.05) is 6.07 Å². The Morgan fingerprint density at radius 1 is 1.58 bits per heavy atom. The highest BCUT2D eigenvalue weighted by Crippen LogP contribution is 2.28. The Bertz CT molecular complexity index is 356. The molecule has 0 saturated heterocycles. The molecule has 0 aliphatic carbocycles. The lowest BCUT2D eigenvalue weighted by molar-refractivity contribution is 0.196. The number of nitriles is 1. The van der Waals surface area contributed by atoms with Crippen LogP contribution in [0.4, 0.5) is 0 Å². The first-order valence-electron chi connectivity index (χ1n) is 3.53. The molecular weight excluding hydrogens is 154 g/mol. The SMILES string of the molecule is N#Cc1ccc2c(c1)ON[C@@H]2N. The first-order chi connectivity index (χ1) is 5.81. The van der Waals surface area contributed by atoms with E-state index in [1.54, 1.807) is 18.2 Å². The third-order valence-corrected chi connectivity index (χ3v) is 1.77. The van der Waals surface area contributed by atoms with Crippen molar-refractivity contribution < 1.29 is 4.84 Å². The van der Waals surface area contributed by atoms with E-state index < -0.39 is 0 Å². The van der Waals surface area contributed by atoms with E-state index in [0.717, 1.165) is 5.56 Å². The van der Waals surface area contributed by atoms with Crippen molar-refractivity contribution in [2.24, 2.45) is 5.73 Å². The number of rotatable bonds is 0. The normalized spacial score (nSPS) is 19.5. The van der Waals surface area contributed by atoms with Gasteiger partial charge in [0.15, 0.2) is 5.75 Å². The lowest BCUT2D eigenvalue weighted by Crippen LogP contribution is -2.23. The lowest BCUT2D eigenvalue weighted by atomic mass is 10.1. The first-order valence-corrected chi connectivity index (χ1v) is 3.53. The van der Waals surface area contributed by atoms with E-state index in [0.29, 0.717) is 11.3 Å². The second-order valence-electron chi connectivity index (χ2n) is 2.56. The minimum Gasteiger partial charge on any atom is -0.406 e. The van der Waals surface area contributed by atoms with Crippen molar-refractivity contribution in [3.05, 3.63) is 29.3 Å². The van der Waals surface area contributed by atoms with Crippen molar-refractivity contribution in [2.45, 2.75) is 6.17 Å². The smallest absolute Gasteiger partial charge is 0.154 e. The summed E-state index contributed by atoms with van der Waals surface area (Å²) in [6.45, 7) is 0. The fourth-order valence-corrected chi connectivity index (χ4v) is 1.14. The number of nitrogens with one attached hydrogen (secondary N) is 1. The summed E-state index contributed by atoms with van der Waals surface area (Å²) in [6.07, 6.45) is -0.284. The molecule has 1 aromatic carbocycles. The summed E-state index contributed by atoms with van der Waals surface area (Å²) in [6, 6.07) is 7.19. The first kappa shape index (κ1) is 7.10. The molecule has 0 fully saturated rings. The van der Waals surface area contributed by atoms with E-state index in [1.807, 2.05) is 6.07 Å². The van der Waals surface area contributed by atoms with Crippen LogP contribution in [0.15, 0.2) is 18.2 Å². The molecular formula is C8H7N3O. The van der Waals surface area contributed by atoms with Crippen molar-refractivity contribution in [1.29, 1.82) is 5.26 Å². The summed E-state index contributed by atoms with van der Waals surface area (Å²) in [5.74, 6) is 0.640. The van der Waals surface area contributed by atoms with E-state index in [-0.39, 0.29) is 6.17 Å². The van der Waals surface area contributed by atoms with E-state index in [1.165, 1.54) is 0 Å². The predicted molar refractivity (Wildman–Crippen MR) is 41.8 cm³/mol. The Labute approximate surface area is 69.5 Å². The summed E-state index contributed by atoms with van der Waals surface area (Å²) in [5, 5.41) is 8.58. The number of nitrogens with zero attached hydrogens (tertiary/aromatic N) is 1. The fourth-order valence-electron chi connectivity index (χ4n) is 1.14. The van der Waals surface area contributed by atoms with Crippen LogP contribution in [0.5, 0.6) is 5.75 Å². The van der Waals surface area contributed by atoms with Gasteiger partial charge >= 0.3 is 0 Å². The minimum absolute atomic E-state index is 0.284. The maximum Gasteiger partial charge on any atom is 0.154 e. The van der Waals surface area contributed by atoms with Crippen LogP contribution in [0.3, 0.4) is 0 Å². The lowest BCUT2D eigenvalue weighted by Gasteiger charge is -1.98. The number of benzene rings is 1. The third kappa shape index (κ3) is 0.925. The topological polar surface area (TPSA) is 71.1 Å². The molecule has 60 valence electrons. The zero-order chi connectivity index (χ0) is 8.55. The van der Waals surface area contributed by atoms with E-state index in [2.05, 4.69) is 5.48 Å². The molecule has 1 aromatic rings. The van der Waals surface area contributed by atoms with Crippen LogP contribution in [0, 0.1) is 11.3 Å². The van der Waals surface area contributed by atoms with Crippen LogP contribution in [0.25, 0.3) is 0 Å². The average Bonchev–Trinajstić information content (AvgIpc) is 2.47. The molecule has 1 aliphatic heterocycles. The predicted octanol–water partition coefficient (Wildman–Crippen LogP) is 0.413. The Morgan fingerprint density at radius 2 is 2.42 bits per heavy atom. The molecule has 1 aliphatic rings. The largest absolute Gasteiger partial charge is 0.406 e. The molecule has 4 heteroatoms. The van der Waals surface area contributed by atoms with E-state index in [9.17, 15) is 0 Å². The van der Waals surface area contributed by atoms with Crippen LogP contribution >= 0.6 is 0 Å². The van der Waals surface area contributed by atoms with Crippen molar-refractivity contribution in [3.63, 3.8) is 0 Å². The van der Waals surface area contributed by atoms with Crippen LogP contribution < -0.4 is 16.1 Å². The Hall–Kier alpha value is -1.57. The van der Waals surface area contributed by atoms with Gasteiger partial charge in [0, 0.05) is 11.6 Å². The summed E-state index contributed by atoms with van der Waals surface area (Å²) in [5.41, 5.74) is 9.68. The summed E-state index contributed by atoms with van der Waals surface area (Å²) < 4.78 is 0. The van der Waals surface area contributed by atoms with Crippen molar-refractivity contribution in [1.82, 2.24) is 5.48 Å². The number of hydrogen-bond donors (Lipinski definition) is 2. The van der Waals surface area contributed by atoms with Crippen LogP contribution in [0.1, 0.15) is 17.3 Å². The average molecular weight is 161 g/mol. The highest BCUT2D eigenvalue weighted by atomic mass is 16.7. The molecule has 0 radical (unpaired) electrons.